The number of benzene rings is 2. The second kappa shape index (κ2) is 18.6. The lowest BCUT2D eigenvalue weighted by Crippen LogP contribution is -2.36. The molecular weight excluding hydrogens is 776 g/mol. The highest BCUT2D eigenvalue weighted by Crippen LogP contribution is 2.38. The summed E-state index contributed by atoms with van der Waals surface area (Å²) in [5.74, 6) is -2.02. The Morgan fingerprint density at radius 2 is 0.885 bits per heavy atom. The minimum atomic E-state index is -5.05. The maximum absolute atomic E-state index is 12.8. The molecule has 0 radical (unpaired) electrons. The van der Waals surface area contributed by atoms with Crippen LogP contribution in [-0.4, -0.2) is 80.8 Å². The monoisotopic (exact) mass is 816 g/mol. The third-order valence-electron chi connectivity index (χ3n) is 6.31. The molecule has 0 aromatic heterocycles. The van der Waals surface area contributed by atoms with Crippen LogP contribution in [0.3, 0.4) is 0 Å². The molecule has 0 atom stereocenters. The van der Waals surface area contributed by atoms with Crippen LogP contribution in [0.4, 0.5) is 52.7 Å². The number of hydrogen-bond acceptors (Lipinski definition) is 6. The molecule has 0 aliphatic rings. The Morgan fingerprint density at radius 3 is 1.13 bits per heavy atom. The Kier molecular flexibility index (Phi) is 17.6. The Bertz CT molecular complexity index is 1590. The zero-order chi connectivity index (χ0) is 39.9. The lowest BCUT2D eigenvalue weighted by atomic mass is 10.1. The van der Waals surface area contributed by atoms with E-state index in [9.17, 15) is 74.7 Å². The molecule has 0 unspecified atom stereocenters. The van der Waals surface area contributed by atoms with Crippen molar-refractivity contribution in [2.45, 2.75) is 56.5 Å². The number of rotatable bonds is 14. The van der Waals surface area contributed by atoms with Crippen LogP contribution in [0.25, 0.3) is 0 Å². The molecule has 0 fully saturated rings. The van der Waals surface area contributed by atoms with Gasteiger partial charge in [0.05, 0.1) is 54.4 Å². The van der Waals surface area contributed by atoms with Gasteiger partial charge in [0.25, 0.3) is 0 Å². The van der Waals surface area contributed by atoms with Crippen LogP contribution in [0.2, 0.25) is 0 Å². The first kappa shape index (κ1) is 49.3. The fourth-order valence-electron chi connectivity index (χ4n) is 4.06. The van der Waals surface area contributed by atoms with Crippen LogP contribution >= 0.6 is 0 Å². The summed E-state index contributed by atoms with van der Waals surface area (Å²) in [6.07, 6.45) is -19.5. The van der Waals surface area contributed by atoms with Crippen molar-refractivity contribution in [3.05, 3.63) is 75.0 Å². The summed E-state index contributed by atoms with van der Waals surface area (Å²) in [6, 6.07) is 1.44. The predicted molar refractivity (Wildman–Crippen MR) is 169 cm³/mol. The van der Waals surface area contributed by atoms with Gasteiger partial charge in [-0.2, -0.15) is 52.7 Å². The van der Waals surface area contributed by atoms with E-state index in [1.807, 2.05) is 0 Å². The number of alkyl halides is 12. The molecular formula is C29H40F12N4O5S2. The van der Waals surface area contributed by atoms with Crippen molar-refractivity contribution in [3.8, 4) is 0 Å². The Balaban J connectivity index is 0.000000982. The molecule has 52 heavy (non-hydrogen) atoms. The van der Waals surface area contributed by atoms with Crippen molar-refractivity contribution >= 4 is 20.0 Å². The minimum absolute atomic E-state index is 0. The fraction of sp³-hybridized carbons (Fsp3) is 0.586. The summed E-state index contributed by atoms with van der Waals surface area (Å²) in [7, 11) is -2.00. The molecule has 2 aromatic rings. The number of sulfonamides is 2. The number of hydroxylamine groups is 3. The van der Waals surface area contributed by atoms with E-state index in [0.29, 0.717) is 37.2 Å². The summed E-state index contributed by atoms with van der Waals surface area (Å²) in [4.78, 5) is 1.80. The smallest absolute Gasteiger partial charge is 0.416 e. The molecule has 23 heteroatoms. The molecule has 0 amide bonds. The van der Waals surface area contributed by atoms with Gasteiger partial charge < -0.3 is 14.8 Å². The zero-order valence-electron chi connectivity index (χ0n) is 27.4. The topological polar surface area (TPSA) is 119 Å². The zero-order valence-corrected chi connectivity index (χ0v) is 29.0. The van der Waals surface area contributed by atoms with Crippen LogP contribution in [0.5, 0.6) is 0 Å². The van der Waals surface area contributed by atoms with Gasteiger partial charge >= 0.3 is 24.7 Å². The van der Waals surface area contributed by atoms with Crippen LogP contribution < -0.4 is 9.44 Å². The standard InChI is InChI=1S/C14H18F6N2O3S.C14H18F6N2O2S.CH4/c1-22(2,23)5-3-4-21-26(24,25)9-10-6-11(13(15,16)17)8-12(7-10)14(18,19)20;1-22(2)5-3-4-21-25(23,24)9-10-6-11(13(15,16)17)8-12(7-10)14(18,19)20;/h6-8,21H,3-5,9H2,1-2H3;6-8,21H,3-5,9H2,1-2H3;1H4. The van der Waals surface area contributed by atoms with E-state index in [2.05, 4.69) is 9.44 Å². The third kappa shape index (κ3) is 19.4. The van der Waals surface area contributed by atoms with Crippen LogP contribution in [0.1, 0.15) is 53.6 Å². The number of quaternary nitrogens is 1. The Hall–Kier alpha value is -2.70. The largest absolute Gasteiger partial charge is 0.633 e. The second-order valence-corrected chi connectivity index (χ2v) is 15.6. The minimum Gasteiger partial charge on any atom is -0.633 e. The normalized spacial score (nSPS) is 13.4. The fourth-order valence-corrected chi connectivity index (χ4v) is 6.38. The summed E-state index contributed by atoms with van der Waals surface area (Å²) in [5.41, 5.74) is -7.46. The first-order valence-corrected chi connectivity index (χ1v) is 17.7. The van der Waals surface area contributed by atoms with E-state index >= 15 is 0 Å². The molecule has 2 rings (SSSR count). The quantitative estimate of drug-likeness (QED) is 0.0934. The van der Waals surface area contributed by atoms with Crippen molar-refractivity contribution in [1.82, 2.24) is 14.3 Å². The van der Waals surface area contributed by atoms with Gasteiger partial charge in [-0.1, -0.05) is 7.43 Å². The predicted octanol–water partition coefficient (Wildman–Crippen LogP) is 6.84. The number of hydrogen-bond donors (Lipinski definition) is 2. The average molecular weight is 817 g/mol. The van der Waals surface area contributed by atoms with Crippen molar-refractivity contribution < 1.29 is 74.2 Å². The van der Waals surface area contributed by atoms with E-state index in [1.165, 1.54) is 14.1 Å². The summed E-state index contributed by atoms with van der Waals surface area (Å²) in [5, 5.41) is 11.3. The second-order valence-electron chi connectivity index (χ2n) is 11.9. The number of nitrogens with zero attached hydrogens (tertiary/aromatic N) is 2. The van der Waals surface area contributed by atoms with E-state index in [1.54, 1.807) is 19.0 Å². The van der Waals surface area contributed by atoms with Crippen molar-refractivity contribution in [2.75, 3.05) is 54.4 Å². The summed E-state index contributed by atoms with van der Waals surface area (Å²) in [6.45, 7) is 0.539. The molecule has 0 aliphatic heterocycles. The molecule has 0 saturated heterocycles. The van der Waals surface area contributed by atoms with Crippen molar-refractivity contribution in [3.63, 3.8) is 0 Å². The number of nitrogens with one attached hydrogen (secondary N) is 2. The van der Waals surface area contributed by atoms with Crippen LogP contribution in [-0.2, 0) is 56.3 Å². The maximum atomic E-state index is 12.8. The summed E-state index contributed by atoms with van der Waals surface area (Å²) < 4.78 is 204. The molecule has 2 aromatic carbocycles. The van der Waals surface area contributed by atoms with Crippen molar-refractivity contribution in [2.24, 2.45) is 0 Å². The van der Waals surface area contributed by atoms with E-state index in [-0.39, 0.29) is 45.6 Å². The highest BCUT2D eigenvalue weighted by Gasteiger charge is 2.38. The van der Waals surface area contributed by atoms with Gasteiger partial charge in [-0.15, -0.1) is 0 Å². The van der Waals surface area contributed by atoms with Gasteiger partial charge in [-0.3, -0.25) is 0 Å². The molecule has 2 N–H and O–H groups in total. The van der Waals surface area contributed by atoms with Gasteiger partial charge in [0, 0.05) is 19.5 Å². The maximum Gasteiger partial charge on any atom is 0.416 e. The van der Waals surface area contributed by atoms with Crippen LogP contribution in [0, 0.1) is 5.21 Å². The molecule has 0 aliphatic carbocycles. The molecule has 0 heterocycles. The number of halogens is 12. The van der Waals surface area contributed by atoms with E-state index < -0.39 is 94.3 Å². The highest BCUT2D eigenvalue weighted by atomic mass is 32.2. The average Bonchev–Trinajstić information content (AvgIpc) is 2.90. The van der Waals surface area contributed by atoms with Gasteiger partial charge in [0.15, 0.2) is 0 Å². The lowest BCUT2D eigenvalue weighted by Gasteiger charge is -2.33. The Labute approximate surface area is 294 Å². The first-order chi connectivity index (χ1) is 22.7. The highest BCUT2D eigenvalue weighted by molar-refractivity contribution is 7.88. The van der Waals surface area contributed by atoms with Gasteiger partial charge in [-0.25, -0.2) is 26.3 Å². The third-order valence-corrected chi connectivity index (χ3v) is 9.02. The molecule has 0 bridgehead atoms. The molecule has 302 valence electrons. The Morgan fingerprint density at radius 1 is 0.596 bits per heavy atom. The first-order valence-electron chi connectivity index (χ1n) is 14.4. The SMILES string of the molecule is C.CN(C)CCCNS(=O)(=O)Cc1cc(C(F)(F)F)cc(C(F)(F)F)c1.C[N+](C)([O-])CCCNS(=O)(=O)Cc1cc(C(F)(F)F)cc(C(F)(F)F)c1. The van der Waals surface area contributed by atoms with Crippen LogP contribution in [0.15, 0.2) is 36.4 Å². The lowest BCUT2D eigenvalue weighted by molar-refractivity contribution is -0.840. The molecule has 9 nitrogen and oxygen atoms in total. The van der Waals surface area contributed by atoms with Gasteiger partial charge in [-0.05, 0) is 74.6 Å². The van der Waals surface area contributed by atoms with Gasteiger partial charge in [0.2, 0.25) is 20.0 Å². The summed E-state index contributed by atoms with van der Waals surface area (Å²) >= 11 is 0. The molecule has 0 saturated carbocycles. The van der Waals surface area contributed by atoms with E-state index in [4.69, 9.17) is 0 Å². The van der Waals surface area contributed by atoms with Crippen molar-refractivity contribution in [1.29, 1.82) is 0 Å². The molecule has 0 spiro atoms. The van der Waals surface area contributed by atoms with Gasteiger partial charge in [0.1, 0.15) is 0 Å². The van der Waals surface area contributed by atoms with E-state index in [0.717, 1.165) is 0 Å².